The van der Waals surface area contributed by atoms with E-state index in [4.69, 9.17) is 0 Å². The van der Waals surface area contributed by atoms with Gasteiger partial charge < -0.3 is 15.5 Å². The zero-order valence-electron chi connectivity index (χ0n) is 17.0. The Bertz CT molecular complexity index is 1020. The number of amides is 2. The highest BCUT2D eigenvalue weighted by molar-refractivity contribution is 6.15. The van der Waals surface area contributed by atoms with E-state index in [9.17, 15) is 9.59 Å². The Balaban J connectivity index is 1.43. The van der Waals surface area contributed by atoms with Crippen LogP contribution in [-0.2, 0) is 9.59 Å². The quantitative estimate of drug-likeness (QED) is 0.475. The number of hydrogen-bond acceptors (Lipinski definition) is 8. The molecule has 10 heteroatoms. The first-order valence-corrected chi connectivity index (χ1v) is 10.5. The molecule has 0 bridgehead atoms. The van der Waals surface area contributed by atoms with E-state index in [1.54, 1.807) is 16.8 Å². The predicted octanol–water partition coefficient (Wildman–Crippen LogP) is 0.882. The van der Waals surface area contributed by atoms with Gasteiger partial charge in [0.15, 0.2) is 5.65 Å². The molecule has 2 amide bonds. The highest BCUT2D eigenvalue weighted by atomic mass is 16.2. The SMILES string of the molecule is CN1CCC(CNc2nc(NC3CC3)n3ncc(/C=C4\CC(=O)NC4=O)c3n2)CC1. The van der Waals surface area contributed by atoms with Crippen molar-refractivity contribution in [3.63, 3.8) is 0 Å². The Kier molecular flexibility index (Phi) is 4.86. The number of aromatic nitrogens is 4. The monoisotopic (exact) mass is 410 g/mol. The third-order valence-corrected chi connectivity index (χ3v) is 5.92. The molecule has 0 unspecified atom stereocenters. The molecule has 2 aromatic heterocycles. The summed E-state index contributed by atoms with van der Waals surface area (Å²) in [5.41, 5.74) is 1.73. The Labute approximate surface area is 174 Å². The molecule has 1 saturated carbocycles. The van der Waals surface area contributed by atoms with E-state index in [1.807, 2.05) is 0 Å². The Hall–Kier alpha value is -3.01. The van der Waals surface area contributed by atoms with Crippen molar-refractivity contribution in [2.75, 3.05) is 37.3 Å². The van der Waals surface area contributed by atoms with Crippen molar-refractivity contribution in [2.24, 2.45) is 5.92 Å². The molecule has 1 aliphatic carbocycles. The van der Waals surface area contributed by atoms with Crippen LogP contribution in [0.1, 0.15) is 37.7 Å². The van der Waals surface area contributed by atoms with Crippen LogP contribution in [0.25, 0.3) is 11.7 Å². The lowest BCUT2D eigenvalue weighted by atomic mass is 9.97. The summed E-state index contributed by atoms with van der Waals surface area (Å²) in [6.07, 6.45) is 7.98. The lowest BCUT2D eigenvalue weighted by Crippen LogP contribution is -2.33. The van der Waals surface area contributed by atoms with Crippen LogP contribution in [-0.4, -0.2) is 69.0 Å². The van der Waals surface area contributed by atoms with E-state index in [1.165, 1.54) is 0 Å². The molecule has 5 rings (SSSR count). The van der Waals surface area contributed by atoms with E-state index in [-0.39, 0.29) is 18.2 Å². The summed E-state index contributed by atoms with van der Waals surface area (Å²) in [5.74, 6) is 1.15. The fourth-order valence-corrected chi connectivity index (χ4v) is 3.89. The van der Waals surface area contributed by atoms with Gasteiger partial charge in [-0.3, -0.25) is 14.9 Å². The van der Waals surface area contributed by atoms with Gasteiger partial charge in [0, 0.05) is 23.7 Å². The first-order valence-electron chi connectivity index (χ1n) is 10.5. The molecule has 4 heterocycles. The molecule has 10 nitrogen and oxygen atoms in total. The van der Waals surface area contributed by atoms with E-state index in [2.05, 4.69) is 43.0 Å². The summed E-state index contributed by atoms with van der Waals surface area (Å²) in [5, 5.41) is 13.5. The van der Waals surface area contributed by atoms with Gasteiger partial charge in [0.2, 0.25) is 17.8 Å². The molecule has 0 radical (unpaired) electrons. The average Bonchev–Trinajstić information content (AvgIpc) is 3.36. The van der Waals surface area contributed by atoms with E-state index >= 15 is 0 Å². The number of piperidine rings is 1. The number of nitrogens with one attached hydrogen (secondary N) is 3. The van der Waals surface area contributed by atoms with Gasteiger partial charge in [0.25, 0.3) is 5.91 Å². The van der Waals surface area contributed by atoms with Gasteiger partial charge in [-0.15, -0.1) is 0 Å². The number of carbonyl (C=O) groups excluding carboxylic acids is 2. The van der Waals surface area contributed by atoms with Crippen LogP contribution < -0.4 is 16.0 Å². The third-order valence-electron chi connectivity index (χ3n) is 5.92. The van der Waals surface area contributed by atoms with Crippen LogP contribution in [0, 0.1) is 5.92 Å². The highest BCUT2D eigenvalue weighted by Gasteiger charge is 2.26. The zero-order valence-corrected chi connectivity index (χ0v) is 17.0. The summed E-state index contributed by atoms with van der Waals surface area (Å²) in [6, 6.07) is 0.411. The van der Waals surface area contributed by atoms with Gasteiger partial charge in [-0.25, -0.2) is 0 Å². The zero-order chi connectivity index (χ0) is 20.7. The fourth-order valence-electron chi connectivity index (χ4n) is 3.89. The number of anilines is 2. The number of rotatable bonds is 6. The van der Waals surface area contributed by atoms with Crippen LogP contribution in [0.3, 0.4) is 0 Å². The number of imide groups is 1. The van der Waals surface area contributed by atoms with Crippen LogP contribution >= 0.6 is 0 Å². The molecule has 0 spiro atoms. The maximum Gasteiger partial charge on any atom is 0.254 e. The van der Waals surface area contributed by atoms with Crippen molar-refractivity contribution < 1.29 is 9.59 Å². The molecule has 30 heavy (non-hydrogen) atoms. The number of carbonyl (C=O) groups is 2. The predicted molar refractivity (Wildman–Crippen MR) is 112 cm³/mol. The van der Waals surface area contributed by atoms with E-state index in [0.29, 0.717) is 40.6 Å². The highest BCUT2D eigenvalue weighted by Crippen LogP contribution is 2.26. The summed E-state index contributed by atoms with van der Waals surface area (Å²) in [6.45, 7) is 3.05. The second-order valence-corrected chi connectivity index (χ2v) is 8.48. The Morgan fingerprint density at radius 1 is 1.20 bits per heavy atom. The first kappa shape index (κ1) is 19.0. The second-order valence-electron chi connectivity index (χ2n) is 8.48. The van der Waals surface area contributed by atoms with Crippen molar-refractivity contribution >= 4 is 35.4 Å². The topological polar surface area (TPSA) is 117 Å². The minimum absolute atomic E-state index is 0.0790. The standard InChI is InChI=1S/C20H26N8O2/c1-27-6-4-12(5-7-27)10-21-19-25-17-14(8-13-9-16(29)24-18(13)30)11-22-28(17)20(26-19)23-15-2-3-15/h8,11-12,15H,2-7,9-10H2,1H3,(H,24,29,30)(H2,21,23,25,26)/b13-8+. The number of likely N-dealkylation sites (tertiary alicyclic amines) is 1. The lowest BCUT2D eigenvalue weighted by Gasteiger charge is -2.28. The van der Waals surface area contributed by atoms with Crippen molar-refractivity contribution in [3.05, 3.63) is 17.3 Å². The van der Waals surface area contributed by atoms with Crippen molar-refractivity contribution in [1.82, 2.24) is 29.8 Å². The van der Waals surface area contributed by atoms with Crippen molar-refractivity contribution in [3.8, 4) is 0 Å². The number of hydrogen-bond donors (Lipinski definition) is 3. The summed E-state index contributed by atoms with van der Waals surface area (Å²) >= 11 is 0. The molecule has 3 N–H and O–H groups in total. The second kappa shape index (κ2) is 7.67. The van der Waals surface area contributed by atoms with E-state index < -0.39 is 0 Å². The third kappa shape index (κ3) is 4.00. The number of nitrogens with zero attached hydrogens (tertiary/aromatic N) is 5. The maximum atomic E-state index is 11.9. The molecule has 2 aromatic rings. The summed E-state index contributed by atoms with van der Waals surface area (Å²) in [7, 11) is 2.16. The molecular formula is C20H26N8O2. The van der Waals surface area contributed by atoms with E-state index in [0.717, 1.165) is 45.3 Å². The van der Waals surface area contributed by atoms with Gasteiger partial charge in [-0.2, -0.15) is 19.6 Å². The molecule has 2 saturated heterocycles. The fraction of sp³-hybridized carbons (Fsp3) is 0.550. The van der Waals surface area contributed by atoms with Crippen LogP contribution in [0.5, 0.6) is 0 Å². The minimum Gasteiger partial charge on any atom is -0.354 e. The van der Waals surface area contributed by atoms with Crippen molar-refractivity contribution in [2.45, 2.75) is 38.1 Å². The van der Waals surface area contributed by atoms with Crippen molar-refractivity contribution in [1.29, 1.82) is 0 Å². The molecule has 158 valence electrons. The normalized spacial score (nSPS) is 22.1. The minimum atomic E-state index is -0.356. The van der Waals surface area contributed by atoms with Gasteiger partial charge in [-0.1, -0.05) is 0 Å². The maximum absolute atomic E-state index is 11.9. The lowest BCUT2D eigenvalue weighted by molar-refractivity contribution is -0.124. The van der Waals surface area contributed by atoms with Gasteiger partial charge in [0.1, 0.15) is 0 Å². The van der Waals surface area contributed by atoms with Gasteiger partial charge in [0.05, 0.1) is 12.6 Å². The van der Waals surface area contributed by atoms with Crippen LogP contribution in [0.4, 0.5) is 11.9 Å². The number of fused-ring (bicyclic) bond motifs is 1. The smallest absolute Gasteiger partial charge is 0.254 e. The van der Waals surface area contributed by atoms with Gasteiger partial charge >= 0.3 is 0 Å². The Morgan fingerprint density at radius 3 is 2.70 bits per heavy atom. The van der Waals surface area contributed by atoms with Crippen LogP contribution in [0.2, 0.25) is 0 Å². The van der Waals surface area contributed by atoms with Crippen LogP contribution in [0.15, 0.2) is 11.8 Å². The van der Waals surface area contributed by atoms with Gasteiger partial charge in [-0.05, 0) is 57.8 Å². The molecule has 0 aromatic carbocycles. The molecule has 3 fully saturated rings. The molecule has 0 atom stereocenters. The molecule has 2 aliphatic heterocycles. The molecular weight excluding hydrogens is 384 g/mol. The first-order chi connectivity index (χ1) is 14.5. The Morgan fingerprint density at radius 2 is 2.00 bits per heavy atom. The largest absolute Gasteiger partial charge is 0.354 e. The average molecular weight is 410 g/mol. The molecule has 3 aliphatic rings. The summed E-state index contributed by atoms with van der Waals surface area (Å²) < 4.78 is 1.67. The summed E-state index contributed by atoms with van der Waals surface area (Å²) in [4.78, 5) is 35.1.